The number of benzene rings is 1. The van der Waals surface area contributed by atoms with Crippen molar-refractivity contribution >= 4 is 15.9 Å². The molecule has 0 amide bonds. The van der Waals surface area contributed by atoms with Crippen LogP contribution in [0.25, 0.3) is 0 Å². The van der Waals surface area contributed by atoms with Crippen LogP contribution in [-0.4, -0.2) is 6.54 Å². The van der Waals surface area contributed by atoms with Crippen LogP contribution in [0.5, 0.6) is 0 Å². The Bertz CT molecular complexity index is 369. The molecule has 1 N–H and O–H groups in total. The van der Waals surface area contributed by atoms with E-state index in [0.717, 1.165) is 18.4 Å². The molecule has 18 heavy (non-hydrogen) atoms. The van der Waals surface area contributed by atoms with Gasteiger partial charge < -0.3 is 5.32 Å². The third kappa shape index (κ3) is 3.83. The van der Waals surface area contributed by atoms with Crippen LogP contribution >= 0.6 is 15.9 Å². The molecular formula is C16H24BrN. The molecule has 1 aliphatic carbocycles. The van der Waals surface area contributed by atoms with Crippen LogP contribution in [0.1, 0.15) is 51.1 Å². The Hall–Kier alpha value is -0.340. The van der Waals surface area contributed by atoms with Gasteiger partial charge in [-0.1, -0.05) is 53.9 Å². The Morgan fingerprint density at radius 3 is 2.56 bits per heavy atom. The van der Waals surface area contributed by atoms with Gasteiger partial charge in [0, 0.05) is 10.5 Å². The molecule has 0 aliphatic heterocycles. The van der Waals surface area contributed by atoms with E-state index in [-0.39, 0.29) is 0 Å². The van der Waals surface area contributed by atoms with E-state index in [1.807, 2.05) is 0 Å². The smallest absolute Gasteiger partial charge is 0.0303 e. The average Bonchev–Trinajstić information content (AvgIpc) is 2.38. The molecule has 1 atom stereocenters. The first-order valence-corrected chi connectivity index (χ1v) is 7.94. The van der Waals surface area contributed by atoms with E-state index >= 15 is 0 Å². The summed E-state index contributed by atoms with van der Waals surface area (Å²) in [7, 11) is 0. The zero-order valence-corrected chi connectivity index (χ0v) is 13.0. The molecule has 0 saturated heterocycles. The quantitative estimate of drug-likeness (QED) is 0.832. The maximum atomic E-state index is 3.69. The van der Waals surface area contributed by atoms with Crippen molar-refractivity contribution in [2.75, 3.05) is 6.54 Å². The van der Waals surface area contributed by atoms with Crippen LogP contribution < -0.4 is 5.32 Å². The summed E-state index contributed by atoms with van der Waals surface area (Å²) in [6.07, 6.45) is 5.62. The second-order valence-corrected chi connectivity index (χ2v) is 6.63. The standard InChI is InChI=1S/C16H24BrN/c1-12-7-9-14(10-8-12)11-18-13(2)15-5-3-4-6-16(15)17/h3-6,12-14,18H,7-11H2,1-2H3. The number of halogens is 1. The van der Waals surface area contributed by atoms with Crippen molar-refractivity contribution in [3.8, 4) is 0 Å². The SMILES string of the molecule is CC1CCC(CNC(C)c2ccccc2Br)CC1. The van der Waals surface area contributed by atoms with Gasteiger partial charge in [0.05, 0.1) is 0 Å². The summed E-state index contributed by atoms with van der Waals surface area (Å²) < 4.78 is 1.21. The van der Waals surface area contributed by atoms with Crippen LogP contribution in [0.4, 0.5) is 0 Å². The topological polar surface area (TPSA) is 12.0 Å². The van der Waals surface area contributed by atoms with E-state index < -0.39 is 0 Å². The summed E-state index contributed by atoms with van der Waals surface area (Å²) in [6.45, 7) is 5.80. The lowest BCUT2D eigenvalue weighted by Gasteiger charge is -2.27. The van der Waals surface area contributed by atoms with Crippen molar-refractivity contribution in [1.29, 1.82) is 0 Å². The highest BCUT2D eigenvalue weighted by Crippen LogP contribution is 2.29. The summed E-state index contributed by atoms with van der Waals surface area (Å²) in [6, 6.07) is 8.93. The first-order chi connectivity index (χ1) is 8.66. The summed E-state index contributed by atoms with van der Waals surface area (Å²) in [5, 5.41) is 3.69. The lowest BCUT2D eigenvalue weighted by molar-refractivity contribution is 0.276. The predicted octanol–water partition coefficient (Wildman–Crippen LogP) is 4.93. The first-order valence-electron chi connectivity index (χ1n) is 7.14. The van der Waals surface area contributed by atoms with E-state index in [9.17, 15) is 0 Å². The van der Waals surface area contributed by atoms with Crippen LogP contribution in [0.3, 0.4) is 0 Å². The normalized spacial score (nSPS) is 25.9. The largest absolute Gasteiger partial charge is 0.310 e. The summed E-state index contributed by atoms with van der Waals surface area (Å²) in [4.78, 5) is 0. The molecule has 1 fully saturated rings. The molecule has 0 spiro atoms. The first kappa shape index (κ1) is 14.1. The fourth-order valence-corrected chi connectivity index (χ4v) is 3.44. The molecule has 1 aliphatic rings. The molecular weight excluding hydrogens is 286 g/mol. The van der Waals surface area contributed by atoms with Crippen LogP contribution in [-0.2, 0) is 0 Å². The molecule has 0 aromatic heterocycles. The Morgan fingerprint density at radius 2 is 1.89 bits per heavy atom. The number of nitrogens with one attached hydrogen (secondary N) is 1. The molecule has 1 nitrogen and oxygen atoms in total. The zero-order valence-electron chi connectivity index (χ0n) is 11.5. The second-order valence-electron chi connectivity index (χ2n) is 5.78. The highest BCUT2D eigenvalue weighted by molar-refractivity contribution is 9.10. The van der Waals surface area contributed by atoms with Gasteiger partial charge in [-0.2, -0.15) is 0 Å². The average molecular weight is 310 g/mol. The van der Waals surface area contributed by atoms with Gasteiger partial charge in [0.1, 0.15) is 0 Å². The molecule has 1 unspecified atom stereocenters. The van der Waals surface area contributed by atoms with Gasteiger partial charge in [-0.05, 0) is 49.8 Å². The lowest BCUT2D eigenvalue weighted by atomic mass is 9.83. The van der Waals surface area contributed by atoms with Crippen molar-refractivity contribution in [2.24, 2.45) is 11.8 Å². The van der Waals surface area contributed by atoms with E-state index in [0.29, 0.717) is 6.04 Å². The van der Waals surface area contributed by atoms with Crippen molar-refractivity contribution in [1.82, 2.24) is 5.32 Å². The van der Waals surface area contributed by atoms with Crippen molar-refractivity contribution in [3.63, 3.8) is 0 Å². The maximum Gasteiger partial charge on any atom is 0.0303 e. The molecule has 1 aromatic rings. The molecule has 2 heteroatoms. The number of hydrogen-bond donors (Lipinski definition) is 1. The number of hydrogen-bond acceptors (Lipinski definition) is 1. The van der Waals surface area contributed by atoms with Gasteiger partial charge in [0.15, 0.2) is 0 Å². The molecule has 2 rings (SSSR count). The molecule has 0 radical (unpaired) electrons. The molecule has 100 valence electrons. The maximum absolute atomic E-state index is 3.69. The van der Waals surface area contributed by atoms with Gasteiger partial charge in [0.25, 0.3) is 0 Å². The van der Waals surface area contributed by atoms with E-state index in [2.05, 4.69) is 59.4 Å². The Balaban J connectivity index is 1.81. The van der Waals surface area contributed by atoms with Gasteiger partial charge in [-0.3, -0.25) is 0 Å². The Morgan fingerprint density at radius 1 is 1.22 bits per heavy atom. The second kappa shape index (κ2) is 6.72. The minimum atomic E-state index is 0.430. The van der Waals surface area contributed by atoms with Gasteiger partial charge in [0.2, 0.25) is 0 Å². The zero-order chi connectivity index (χ0) is 13.0. The number of rotatable bonds is 4. The van der Waals surface area contributed by atoms with Gasteiger partial charge in [-0.15, -0.1) is 0 Å². The monoisotopic (exact) mass is 309 g/mol. The molecule has 0 heterocycles. The van der Waals surface area contributed by atoms with Crippen molar-refractivity contribution in [3.05, 3.63) is 34.3 Å². The highest BCUT2D eigenvalue weighted by atomic mass is 79.9. The summed E-state index contributed by atoms with van der Waals surface area (Å²) >= 11 is 3.63. The van der Waals surface area contributed by atoms with E-state index in [1.54, 1.807) is 0 Å². The van der Waals surface area contributed by atoms with Crippen LogP contribution in [0.2, 0.25) is 0 Å². The fourth-order valence-electron chi connectivity index (χ4n) is 2.81. The molecule has 0 bridgehead atoms. The molecule has 1 saturated carbocycles. The van der Waals surface area contributed by atoms with Gasteiger partial charge in [-0.25, -0.2) is 0 Å². The predicted molar refractivity (Wildman–Crippen MR) is 81.7 cm³/mol. The Labute approximate surface area is 119 Å². The minimum absolute atomic E-state index is 0.430. The highest BCUT2D eigenvalue weighted by Gasteiger charge is 2.19. The van der Waals surface area contributed by atoms with Crippen LogP contribution in [0.15, 0.2) is 28.7 Å². The van der Waals surface area contributed by atoms with Crippen LogP contribution in [0, 0.1) is 11.8 Å². The van der Waals surface area contributed by atoms with Crippen molar-refractivity contribution < 1.29 is 0 Å². The fraction of sp³-hybridized carbons (Fsp3) is 0.625. The van der Waals surface area contributed by atoms with E-state index in [1.165, 1.54) is 35.7 Å². The summed E-state index contributed by atoms with van der Waals surface area (Å²) in [5.74, 6) is 1.83. The van der Waals surface area contributed by atoms with E-state index in [4.69, 9.17) is 0 Å². The third-order valence-electron chi connectivity index (χ3n) is 4.22. The Kier molecular flexibility index (Phi) is 5.25. The lowest BCUT2D eigenvalue weighted by Crippen LogP contribution is -2.28. The van der Waals surface area contributed by atoms with Gasteiger partial charge >= 0.3 is 0 Å². The van der Waals surface area contributed by atoms with Crippen molar-refractivity contribution in [2.45, 2.75) is 45.6 Å². The summed E-state index contributed by atoms with van der Waals surface area (Å²) in [5.41, 5.74) is 1.36. The molecule has 1 aromatic carbocycles. The third-order valence-corrected chi connectivity index (χ3v) is 4.94. The minimum Gasteiger partial charge on any atom is -0.310 e.